The molecule has 1 atom stereocenters. The number of hydrogen-bond acceptors (Lipinski definition) is 3. The fourth-order valence-corrected chi connectivity index (χ4v) is 3.01. The number of guanidine groups is 1. The van der Waals surface area contributed by atoms with Crippen LogP contribution in [0.15, 0.2) is 22.5 Å². The summed E-state index contributed by atoms with van der Waals surface area (Å²) in [7, 11) is 1.66. The smallest absolute Gasteiger partial charge is 0.227 e. The number of nitrogens with zero attached hydrogens (tertiary/aromatic N) is 1. The standard InChI is InChI=1S/C17H30N4OS.HI/c1-6-19-16(21-12-17(3,4)15(22)18-5)20-11-13(2)10-14-8-7-9-23-14;/h7-9,13H,6,10-12H2,1-5H3,(H,18,22)(H2,19,20,21);1H. The molecule has 0 fully saturated rings. The fourth-order valence-electron chi connectivity index (χ4n) is 2.14. The predicted octanol–water partition coefficient (Wildman–Crippen LogP) is 2.87. The largest absolute Gasteiger partial charge is 0.359 e. The lowest BCUT2D eigenvalue weighted by molar-refractivity contribution is -0.128. The third-order valence-corrected chi connectivity index (χ3v) is 4.46. The van der Waals surface area contributed by atoms with Crippen LogP contribution in [-0.4, -0.2) is 38.5 Å². The Balaban J connectivity index is 0.00000529. The highest BCUT2D eigenvalue weighted by Crippen LogP contribution is 2.15. The first-order chi connectivity index (χ1) is 10.9. The molecule has 3 N–H and O–H groups in total. The van der Waals surface area contributed by atoms with Crippen LogP contribution in [0.5, 0.6) is 0 Å². The third-order valence-electron chi connectivity index (χ3n) is 3.57. The van der Waals surface area contributed by atoms with Crippen LogP contribution in [0.2, 0.25) is 0 Å². The van der Waals surface area contributed by atoms with Gasteiger partial charge in [0.25, 0.3) is 0 Å². The predicted molar refractivity (Wildman–Crippen MR) is 114 cm³/mol. The average molecular weight is 466 g/mol. The van der Waals surface area contributed by atoms with E-state index in [9.17, 15) is 4.79 Å². The van der Waals surface area contributed by atoms with Crippen LogP contribution in [0.3, 0.4) is 0 Å². The molecular weight excluding hydrogens is 435 g/mol. The van der Waals surface area contributed by atoms with Crippen LogP contribution in [0.25, 0.3) is 0 Å². The van der Waals surface area contributed by atoms with E-state index in [0.717, 1.165) is 25.5 Å². The van der Waals surface area contributed by atoms with Crippen molar-refractivity contribution in [1.82, 2.24) is 16.0 Å². The molecule has 0 aliphatic carbocycles. The lowest BCUT2D eigenvalue weighted by Crippen LogP contribution is -2.42. The fraction of sp³-hybridized carbons (Fsp3) is 0.647. The minimum absolute atomic E-state index is 0. The highest BCUT2D eigenvalue weighted by atomic mass is 127. The van der Waals surface area contributed by atoms with Gasteiger partial charge in [0.1, 0.15) is 0 Å². The third kappa shape index (κ3) is 8.32. The first kappa shape index (κ1) is 23.2. The molecule has 7 heteroatoms. The Hall–Kier alpha value is -0.830. The molecule has 0 spiro atoms. The van der Waals surface area contributed by atoms with Gasteiger partial charge in [0.05, 0.1) is 12.0 Å². The summed E-state index contributed by atoms with van der Waals surface area (Å²) in [6.45, 7) is 10.2. The van der Waals surface area contributed by atoms with Crippen LogP contribution in [-0.2, 0) is 11.2 Å². The van der Waals surface area contributed by atoms with Gasteiger partial charge in [0, 0.05) is 25.0 Å². The molecule has 0 saturated carbocycles. The van der Waals surface area contributed by atoms with E-state index in [0.29, 0.717) is 12.5 Å². The summed E-state index contributed by atoms with van der Waals surface area (Å²) in [6, 6.07) is 4.26. The Morgan fingerprint density at radius 3 is 2.62 bits per heavy atom. The quantitative estimate of drug-likeness (QED) is 0.314. The molecule has 1 heterocycles. The maximum absolute atomic E-state index is 11.8. The van der Waals surface area contributed by atoms with E-state index < -0.39 is 5.41 Å². The van der Waals surface area contributed by atoms with E-state index in [-0.39, 0.29) is 29.9 Å². The van der Waals surface area contributed by atoms with Crippen LogP contribution in [0.1, 0.15) is 32.6 Å². The summed E-state index contributed by atoms with van der Waals surface area (Å²) >= 11 is 1.80. The van der Waals surface area contributed by atoms with Crippen molar-refractivity contribution in [3.8, 4) is 0 Å². The summed E-state index contributed by atoms with van der Waals surface area (Å²) in [5, 5.41) is 11.4. The molecule has 1 rings (SSSR count). The number of nitrogens with one attached hydrogen (secondary N) is 3. The number of rotatable bonds is 8. The number of aliphatic imine (C=N–C) groups is 1. The summed E-state index contributed by atoms with van der Waals surface area (Å²) in [4.78, 5) is 17.8. The Morgan fingerprint density at radius 1 is 1.38 bits per heavy atom. The number of carbonyl (C=O) groups is 1. The van der Waals surface area contributed by atoms with E-state index in [2.05, 4.69) is 45.4 Å². The zero-order valence-electron chi connectivity index (χ0n) is 15.3. The van der Waals surface area contributed by atoms with Crippen molar-refractivity contribution < 1.29 is 4.79 Å². The van der Waals surface area contributed by atoms with Crippen LogP contribution in [0.4, 0.5) is 0 Å². The lowest BCUT2D eigenvalue weighted by Gasteiger charge is -2.21. The van der Waals surface area contributed by atoms with Gasteiger partial charge in [-0.25, -0.2) is 0 Å². The molecule has 138 valence electrons. The number of carbonyl (C=O) groups excluding carboxylic acids is 1. The van der Waals surface area contributed by atoms with Crippen molar-refractivity contribution in [2.24, 2.45) is 16.3 Å². The minimum Gasteiger partial charge on any atom is -0.359 e. The first-order valence-electron chi connectivity index (χ1n) is 8.15. The number of amides is 1. The normalized spacial score (nSPS) is 13.0. The maximum Gasteiger partial charge on any atom is 0.227 e. The Kier molecular flexibility index (Phi) is 11.3. The zero-order valence-corrected chi connectivity index (χ0v) is 18.5. The molecule has 0 aliphatic heterocycles. The number of halogens is 1. The van der Waals surface area contributed by atoms with Crippen molar-refractivity contribution in [3.05, 3.63) is 22.4 Å². The maximum atomic E-state index is 11.8. The van der Waals surface area contributed by atoms with Crippen molar-refractivity contribution in [3.63, 3.8) is 0 Å². The SMILES string of the molecule is CCNC(=NCC(C)(C)C(=O)NC)NCC(C)Cc1cccs1.I. The monoisotopic (exact) mass is 466 g/mol. The summed E-state index contributed by atoms with van der Waals surface area (Å²) in [5.74, 6) is 1.29. The van der Waals surface area contributed by atoms with E-state index in [1.54, 1.807) is 18.4 Å². The van der Waals surface area contributed by atoms with Crippen LogP contribution in [0, 0.1) is 11.3 Å². The topological polar surface area (TPSA) is 65.5 Å². The van der Waals surface area contributed by atoms with Gasteiger partial charge < -0.3 is 16.0 Å². The molecule has 0 aliphatic rings. The van der Waals surface area contributed by atoms with Crippen molar-refractivity contribution in [1.29, 1.82) is 0 Å². The van der Waals surface area contributed by atoms with Crippen molar-refractivity contribution in [2.75, 3.05) is 26.7 Å². The molecule has 1 aromatic heterocycles. The Morgan fingerprint density at radius 2 is 2.08 bits per heavy atom. The van der Waals surface area contributed by atoms with Gasteiger partial charge in [-0.2, -0.15) is 0 Å². The second kappa shape index (κ2) is 11.7. The Labute approximate surface area is 167 Å². The van der Waals surface area contributed by atoms with E-state index in [4.69, 9.17) is 0 Å². The van der Waals surface area contributed by atoms with Gasteiger partial charge in [-0.05, 0) is 44.6 Å². The molecule has 0 saturated heterocycles. The molecule has 1 aromatic rings. The molecule has 5 nitrogen and oxygen atoms in total. The highest BCUT2D eigenvalue weighted by Gasteiger charge is 2.26. The van der Waals surface area contributed by atoms with Crippen LogP contribution < -0.4 is 16.0 Å². The molecule has 24 heavy (non-hydrogen) atoms. The number of thiophene rings is 1. The molecule has 1 unspecified atom stereocenters. The Bertz CT molecular complexity index is 503. The van der Waals surface area contributed by atoms with Gasteiger partial charge in [0.15, 0.2) is 5.96 Å². The molecule has 0 bridgehead atoms. The van der Waals surface area contributed by atoms with Gasteiger partial charge in [-0.3, -0.25) is 9.79 Å². The first-order valence-corrected chi connectivity index (χ1v) is 9.03. The van der Waals surface area contributed by atoms with E-state index in [1.165, 1.54) is 4.88 Å². The average Bonchev–Trinajstić information content (AvgIpc) is 3.02. The second-order valence-corrected chi connectivity index (χ2v) is 7.46. The molecule has 1 amide bonds. The van der Waals surface area contributed by atoms with E-state index >= 15 is 0 Å². The molecule has 0 radical (unpaired) electrons. The number of hydrogen-bond donors (Lipinski definition) is 3. The lowest BCUT2D eigenvalue weighted by atomic mass is 9.93. The molecule has 0 aromatic carbocycles. The van der Waals surface area contributed by atoms with Crippen molar-refractivity contribution >= 4 is 47.2 Å². The molecular formula is C17H31IN4OS. The van der Waals surface area contributed by atoms with Gasteiger partial charge in [0.2, 0.25) is 5.91 Å². The highest BCUT2D eigenvalue weighted by molar-refractivity contribution is 14.0. The van der Waals surface area contributed by atoms with Gasteiger partial charge >= 0.3 is 0 Å². The van der Waals surface area contributed by atoms with E-state index in [1.807, 2.05) is 20.8 Å². The van der Waals surface area contributed by atoms with Gasteiger partial charge in [-0.1, -0.05) is 13.0 Å². The zero-order chi connectivity index (χ0) is 17.3. The minimum atomic E-state index is -0.514. The summed E-state index contributed by atoms with van der Waals surface area (Å²) in [6.07, 6.45) is 1.06. The van der Waals surface area contributed by atoms with Crippen LogP contribution >= 0.6 is 35.3 Å². The van der Waals surface area contributed by atoms with Gasteiger partial charge in [-0.15, -0.1) is 35.3 Å². The summed E-state index contributed by atoms with van der Waals surface area (Å²) in [5.41, 5.74) is -0.514. The van der Waals surface area contributed by atoms with Crippen molar-refractivity contribution in [2.45, 2.75) is 34.1 Å². The summed E-state index contributed by atoms with van der Waals surface area (Å²) < 4.78 is 0. The second-order valence-electron chi connectivity index (χ2n) is 6.43.